The monoisotopic (exact) mass is 314 g/mol. The van der Waals surface area contributed by atoms with Crippen molar-refractivity contribution in [1.82, 2.24) is 9.47 Å². The Bertz CT molecular complexity index is 726. The summed E-state index contributed by atoms with van der Waals surface area (Å²) in [4.78, 5) is 14.0. The number of aromatic nitrogens is 1. The van der Waals surface area contributed by atoms with Gasteiger partial charge in [0.2, 0.25) is 0 Å². The van der Waals surface area contributed by atoms with Crippen LogP contribution in [-0.4, -0.2) is 35.3 Å². The van der Waals surface area contributed by atoms with E-state index >= 15 is 0 Å². The zero-order valence-electron chi connectivity index (χ0n) is 13.6. The lowest BCUT2D eigenvalue weighted by atomic mass is 10.2. The third-order valence-electron chi connectivity index (χ3n) is 4.05. The standard InChI is InChI=1S/C18H22N2O3/c1-3-20(11-14-8-9-19(2)18(21)10-14)12-15-13-22-16-6-4-5-7-17(16)23-15/h4-10,15H,3,11-13H2,1-2H3/t15-/m1/s1. The number of likely N-dealkylation sites (N-methyl/N-ethyl adjacent to an activating group) is 1. The first kappa shape index (κ1) is 15.6. The molecule has 1 atom stereocenters. The third-order valence-corrected chi connectivity index (χ3v) is 4.05. The van der Waals surface area contributed by atoms with E-state index in [4.69, 9.17) is 9.47 Å². The van der Waals surface area contributed by atoms with Gasteiger partial charge in [0.05, 0.1) is 0 Å². The highest BCUT2D eigenvalue weighted by molar-refractivity contribution is 5.40. The van der Waals surface area contributed by atoms with E-state index < -0.39 is 0 Å². The van der Waals surface area contributed by atoms with E-state index in [9.17, 15) is 4.79 Å². The minimum absolute atomic E-state index is 0.00334. The molecule has 0 saturated heterocycles. The maximum Gasteiger partial charge on any atom is 0.250 e. The first-order valence-corrected chi connectivity index (χ1v) is 7.92. The van der Waals surface area contributed by atoms with Gasteiger partial charge in [0.25, 0.3) is 5.56 Å². The molecule has 0 unspecified atom stereocenters. The summed E-state index contributed by atoms with van der Waals surface area (Å²) in [7, 11) is 1.76. The first-order valence-electron chi connectivity index (χ1n) is 7.92. The second kappa shape index (κ2) is 6.87. The normalized spacial score (nSPS) is 16.6. The number of rotatable bonds is 5. The minimum Gasteiger partial charge on any atom is -0.486 e. The molecule has 5 nitrogen and oxygen atoms in total. The van der Waals surface area contributed by atoms with Crippen LogP contribution in [0.4, 0.5) is 0 Å². The number of aryl methyl sites for hydroxylation is 1. The summed E-state index contributed by atoms with van der Waals surface area (Å²) in [5.74, 6) is 1.60. The van der Waals surface area contributed by atoms with E-state index in [-0.39, 0.29) is 11.7 Å². The fourth-order valence-electron chi connectivity index (χ4n) is 2.69. The largest absolute Gasteiger partial charge is 0.486 e. The van der Waals surface area contributed by atoms with E-state index in [1.807, 2.05) is 36.5 Å². The summed E-state index contributed by atoms with van der Waals surface area (Å²) in [6.07, 6.45) is 1.80. The molecule has 0 spiro atoms. The number of hydrogen-bond donors (Lipinski definition) is 0. The smallest absolute Gasteiger partial charge is 0.250 e. The fourth-order valence-corrected chi connectivity index (χ4v) is 2.69. The zero-order chi connectivity index (χ0) is 16.2. The van der Waals surface area contributed by atoms with Crippen molar-refractivity contribution in [2.45, 2.75) is 19.6 Å². The Morgan fingerprint density at radius 3 is 2.78 bits per heavy atom. The molecule has 23 heavy (non-hydrogen) atoms. The van der Waals surface area contributed by atoms with Crippen molar-refractivity contribution >= 4 is 0 Å². The first-order chi connectivity index (χ1) is 11.2. The highest BCUT2D eigenvalue weighted by atomic mass is 16.6. The van der Waals surface area contributed by atoms with Crippen molar-refractivity contribution < 1.29 is 9.47 Å². The summed E-state index contributed by atoms with van der Waals surface area (Å²) < 4.78 is 13.4. The molecule has 1 aromatic carbocycles. The summed E-state index contributed by atoms with van der Waals surface area (Å²) in [5, 5.41) is 0. The predicted molar refractivity (Wildman–Crippen MR) is 89.0 cm³/mol. The fraction of sp³-hybridized carbons (Fsp3) is 0.389. The predicted octanol–water partition coefficient (Wildman–Crippen LogP) is 2.05. The Morgan fingerprint density at radius 1 is 1.26 bits per heavy atom. The highest BCUT2D eigenvalue weighted by Gasteiger charge is 2.22. The van der Waals surface area contributed by atoms with E-state index in [2.05, 4.69) is 11.8 Å². The molecule has 3 rings (SSSR count). The molecule has 122 valence electrons. The van der Waals surface area contributed by atoms with Crippen LogP contribution in [0.2, 0.25) is 0 Å². The molecule has 5 heteroatoms. The number of benzene rings is 1. The Labute approximate surface area is 136 Å². The van der Waals surface area contributed by atoms with Crippen LogP contribution >= 0.6 is 0 Å². The van der Waals surface area contributed by atoms with Crippen molar-refractivity contribution in [2.75, 3.05) is 19.7 Å². The molecule has 0 amide bonds. The lowest BCUT2D eigenvalue weighted by Gasteiger charge is -2.30. The van der Waals surface area contributed by atoms with Gasteiger partial charge < -0.3 is 14.0 Å². The van der Waals surface area contributed by atoms with Gasteiger partial charge in [0.1, 0.15) is 12.7 Å². The molecular formula is C18H22N2O3. The lowest BCUT2D eigenvalue weighted by molar-refractivity contribution is 0.0580. The quantitative estimate of drug-likeness (QED) is 0.847. The van der Waals surface area contributed by atoms with E-state index in [1.54, 1.807) is 17.7 Å². The van der Waals surface area contributed by atoms with Gasteiger partial charge in [-0.3, -0.25) is 9.69 Å². The molecule has 2 heterocycles. The topological polar surface area (TPSA) is 43.7 Å². The Balaban J connectivity index is 1.64. The maximum atomic E-state index is 11.7. The van der Waals surface area contributed by atoms with Gasteiger partial charge in [0.15, 0.2) is 11.5 Å². The number of para-hydroxylation sites is 2. The van der Waals surface area contributed by atoms with Crippen LogP contribution in [0.5, 0.6) is 11.5 Å². The molecule has 2 aromatic rings. The Hall–Kier alpha value is -2.27. The molecule has 0 N–H and O–H groups in total. The molecule has 0 aliphatic carbocycles. The van der Waals surface area contributed by atoms with Crippen LogP contribution in [0.15, 0.2) is 47.4 Å². The van der Waals surface area contributed by atoms with Crippen LogP contribution in [0, 0.1) is 0 Å². The molecule has 1 aromatic heterocycles. The second-order valence-electron chi connectivity index (χ2n) is 5.81. The number of pyridine rings is 1. The van der Waals surface area contributed by atoms with Gasteiger partial charge in [-0.15, -0.1) is 0 Å². The third kappa shape index (κ3) is 3.74. The molecule has 1 aliphatic rings. The lowest BCUT2D eigenvalue weighted by Crippen LogP contribution is -2.40. The van der Waals surface area contributed by atoms with E-state index in [0.717, 1.165) is 36.7 Å². The number of nitrogens with zero attached hydrogens (tertiary/aromatic N) is 2. The Kier molecular flexibility index (Phi) is 4.67. The summed E-state index contributed by atoms with van der Waals surface area (Å²) in [5.41, 5.74) is 1.04. The number of fused-ring (bicyclic) bond motifs is 1. The maximum absolute atomic E-state index is 11.7. The molecular weight excluding hydrogens is 292 g/mol. The average Bonchev–Trinajstić information content (AvgIpc) is 2.57. The second-order valence-corrected chi connectivity index (χ2v) is 5.81. The summed E-state index contributed by atoms with van der Waals surface area (Å²) >= 11 is 0. The highest BCUT2D eigenvalue weighted by Crippen LogP contribution is 2.31. The van der Waals surface area contributed by atoms with E-state index in [0.29, 0.717) is 6.61 Å². The molecule has 0 bridgehead atoms. The van der Waals surface area contributed by atoms with Crippen LogP contribution in [0.3, 0.4) is 0 Å². The number of ether oxygens (including phenoxy) is 2. The van der Waals surface area contributed by atoms with Crippen LogP contribution < -0.4 is 15.0 Å². The molecule has 0 radical (unpaired) electrons. The average molecular weight is 314 g/mol. The van der Waals surface area contributed by atoms with Crippen LogP contribution in [-0.2, 0) is 13.6 Å². The summed E-state index contributed by atoms with van der Waals surface area (Å²) in [6, 6.07) is 11.4. The van der Waals surface area contributed by atoms with Crippen molar-refractivity contribution in [3.05, 3.63) is 58.5 Å². The van der Waals surface area contributed by atoms with E-state index in [1.165, 1.54) is 0 Å². The van der Waals surface area contributed by atoms with Crippen LogP contribution in [0.25, 0.3) is 0 Å². The van der Waals surface area contributed by atoms with Crippen molar-refractivity contribution in [1.29, 1.82) is 0 Å². The van der Waals surface area contributed by atoms with Crippen molar-refractivity contribution in [3.8, 4) is 11.5 Å². The molecule has 0 fully saturated rings. The van der Waals surface area contributed by atoms with Gasteiger partial charge >= 0.3 is 0 Å². The number of hydrogen-bond acceptors (Lipinski definition) is 4. The van der Waals surface area contributed by atoms with Crippen molar-refractivity contribution in [3.63, 3.8) is 0 Å². The molecule has 0 saturated carbocycles. The van der Waals surface area contributed by atoms with Crippen LogP contribution in [0.1, 0.15) is 12.5 Å². The van der Waals surface area contributed by atoms with Gasteiger partial charge in [-0.05, 0) is 30.3 Å². The van der Waals surface area contributed by atoms with Gasteiger partial charge in [-0.2, -0.15) is 0 Å². The minimum atomic E-state index is -0.00334. The van der Waals surface area contributed by atoms with Gasteiger partial charge in [0, 0.05) is 32.4 Å². The van der Waals surface area contributed by atoms with Gasteiger partial charge in [-0.1, -0.05) is 19.1 Å². The zero-order valence-corrected chi connectivity index (χ0v) is 13.6. The van der Waals surface area contributed by atoms with Gasteiger partial charge in [-0.25, -0.2) is 0 Å². The Morgan fingerprint density at radius 2 is 2.04 bits per heavy atom. The SMILES string of the molecule is CCN(Cc1ccn(C)c(=O)c1)C[C@@H]1COc2ccccc2O1. The molecule has 1 aliphatic heterocycles. The van der Waals surface area contributed by atoms with Crippen molar-refractivity contribution in [2.24, 2.45) is 7.05 Å². The summed E-state index contributed by atoms with van der Waals surface area (Å²) in [6.45, 7) is 5.04.